The van der Waals surface area contributed by atoms with E-state index in [-0.39, 0.29) is 17.2 Å². The summed E-state index contributed by atoms with van der Waals surface area (Å²) in [5, 5.41) is 4.15. The number of anilines is 1. The van der Waals surface area contributed by atoms with E-state index >= 15 is 0 Å². The number of hydrogen-bond donors (Lipinski definition) is 1. The van der Waals surface area contributed by atoms with Crippen LogP contribution in [0.2, 0.25) is 0 Å². The number of fused-ring (bicyclic) bond motifs is 3. The molecular weight excluding hydrogens is 492 g/mol. The van der Waals surface area contributed by atoms with Gasteiger partial charge in [0.25, 0.3) is 5.56 Å². The number of aromatic nitrogens is 2. The molecule has 0 spiro atoms. The molecule has 7 nitrogen and oxygen atoms in total. The zero-order chi connectivity index (χ0) is 25.1. The quantitative estimate of drug-likeness (QED) is 0.262. The molecule has 186 valence electrons. The number of carbonyl (C=O) groups excluding carboxylic acids is 1. The third-order valence-electron chi connectivity index (χ3n) is 6.17. The van der Waals surface area contributed by atoms with Crippen LogP contribution in [0, 0.1) is 0 Å². The Morgan fingerprint density at radius 2 is 1.92 bits per heavy atom. The van der Waals surface area contributed by atoms with Gasteiger partial charge in [-0.05, 0) is 61.9 Å². The Kier molecular flexibility index (Phi) is 7.41. The van der Waals surface area contributed by atoms with Crippen LogP contribution in [0.4, 0.5) is 5.69 Å². The average molecular weight is 521 g/mol. The van der Waals surface area contributed by atoms with Gasteiger partial charge in [-0.2, -0.15) is 0 Å². The van der Waals surface area contributed by atoms with Crippen molar-refractivity contribution in [1.82, 2.24) is 14.5 Å². The number of para-hydroxylation sites is 1. The van der Waals surface area contributed by atoms with E-state index < -0.39 is 0 Å². The molecule has 0 bridgehead atoms. The van der Waals surface area contributed by atoms with Crippen molar-refractivity contribution in [2.45, 2.75) is 32.0 Å². The summed E-state index contributed by atoms with van der Waals surface area (Å²) >= 11 is 2.87. The van der Waals surface area contributed by atoms with E-state index in [0.717, 1.165) is 53.3 Å². The van der Waals surface area contributed by atoms with Gasteiger partial charge < -0.3 is 10.1 Å². The van der Waals surface area contributed by atoms with Crippen LogP contribution in [0.1, 0.15) is 24.3 Å². The molecule has 0 saturated carbocycles. The number of rotatable bonds is 8. The van der Waals surface area contributed by atoms with E-state index in [0.29, 0.717) is 17.5 Å². The Hall–Kier alpha value is -3.14. The molecule has 9 heteroatoms. The second kappa shape index (κ2) is 10.9. The maximum absolute atomic E-state index is 13.8. The van der Waals surface area contributed by atoms with Crippen LogP contribution in [0.3, 0.4) is 0 Å². The number of thiophene rings is 1. The Morgan fingerprint density at radius 1 is 1.14 bits per heavy atom. The van der Waals surface area contributed by atoms with Crippen LogP contribution < -0.4 is 15.6 Å². The van der Waals surface area contributed by atoms with E-state index in [1.165, 1.54) is 16.6 Å². The van der Waals surface area contributed by atoms with E-state index in [9.17, 15) is 9.59 Å². The summed E-state index contributed by atoms with van der Waals surface area (Å²) in [6.45, 7) is 7.46. The molecule has 5 rings (SSSR count). The van der Waals surface area contributed by atoms with Gasteiger partial charge in [0.1, 0.15) is 10.6 Å². The van der Waals surface area contributed by atoms with Crippen molar-refractivity contribution >= 4 is 44.9 Å². The third kappa shape index (κ3) is 5.04. The lowest BCUT2D eigenvalue weighted by Crippen LogP contribution is -2.30. The molecule has 1 aliphatic rings. The topological polar surface area (TPSA) is 76.5 Å². The number of nitrogens with zero attached hydrogens (tertiary/aromatic N) is 3. The number of hydrogen-bond acceptors (Lipinski definition) is 7. The Labute approximate surface area is 218 Å². The highest BCUT2D eigenvalue weighted by Gasteiger charge is 2.25. The van der Waals surface area contributed by atoms with E-state index in [1.54, 1.807) is 15.9 Å². The van der Waals surface area contributed by atoms with Gasteiger partial charge in [0, 0.05) is 23.7 Å². The van der Waals surface area contributed by atoms with Gasteiger partial charge in [-0.1, -0.05) is 36.9 Å². The van der Waals surface area contributed by atoms with Crippen molar-refractivity contribution in [3.05, 3.63) is 75.4 Å². The van der Waals surface area contributed by atoms with Crippen molar-refractivity contribution in [2.75, 3.05) is 30.8 Å². The van der Waals surface area contributed by atoms with Crippen molar-refractivity contribution in [2.24, 2.45) is 0 Å². The smallest absolute Gasteiger partial charge is 0.267 e. The monoisotopic (exact) mass is 520 g/mol. The highest BCUT2D eigenvalue weighted by Crippen LogP contribution is 2.34. The van der Waals surface area contributed by atoms with Crippen LogP contribution in [-0.4, -0.2) is 45.8 Å². The highest BCUT2D eigenvalue weighted by molar-refractivity contribution is 7.99. The number of carbonyl (C=O) groups is 1. The summed E-state index contributed by atoms with van der Waals surface area (Å²) in [4.78, 5) is 35.9. The standard InChI is InChI=1S/C27H28N4O3S2/c1-3-30-15-14-21-22(16-30)36-25-24(21)26(33)31(19-8-6-5-7-9-19)27(29-25)35-17-23(32)28-18-10-12-20(13-11-18)34-4-2/h5-13H,3-4,14-17H2,1-2H3,(H,28,32). The lowest BCUT2D eigenvalue weighted by Gasteiger charge is -2.25. The van der Waals surface area contributed by atoms with Gasteiger partial charge in [0.05, 0.1) is 23.4 Å². The van der Waals surface area contributed by atoms with Gasteiger partial charge >= 0.3 is 0 Å². The molecule has 0 radical (unpaired) electrons. The predicted molar refractivity (Wildman–Crippen MR) is 147 cm³/mol. The van der Waals surface area contributed by atoms with E-state index in [1.807, 2.05) is 61.5 Å². The maximum atomic E-state index is 13.8. The first-order chi connectivity index (χ1) is 17.6. The lowest BCUT2D eigenvalue weighted by atomic mass is 10.1. The Morgan fingerprint density at radius 3 is 2.64 bits per heavy atom. The molecule has 1 amide bonds. The molecule has 0 atom stereocenters. The summed E-state index contributed by atoms with van der Waals surface area (Å²) in [7, 11) is 0. The average Bonchev–Trinajstić information content (AvgIpc) is 3.27. The fourth-order valence-corrected chi connectivity index (χ4v) is 6.49. The number of ether oxygens (including phenoxy) is 1. The second-order valence-electron chi connectivity index (χ2n) is 8.47. The Bertz CT molecular complexity index is 1430. The molecular formula is C27H28N4O3S2. The lowest BCUT2D eigenvalue weighted by molar-refractivity contribution is -0.113. The maximum Gasteiger partial charge on any atom is 0.267 e. The summed E-state index contributed by atoms with van der Waals surface area (Å²) < 4.78 is 7.11. The molecule has 0 unspecified atom stereocenters. The number of nitrogens with one attached hydrogen (secondary N) is 1. The molecule has 1 N–H and O–H groups in total. The van der Waals surface area contributed by atoms with Crippen molar-refractivity contribution in [3.8, 4) is 11.4 Å². The van der Waals surface area contributed by atoms with Crippen molar-refractivity contribution in [1.29, 1.82) is 0 Å². The molecule has 2 aromatic heterocycles. The Balaban J connectivity index is 1.44. The first-order valence-corrected chi connectivity index (χ1v) is 13.9. The number of benzene rings is 2. The molecule has 1 aliphatic heterocycles. The zero-order valence-electron chi connectivity index (χ0n) is 20.3. The molecule has 36 heavy (non-hydrogen) atoms. The summed E-state index contributed by atoms with van der Waals surface area (Å²) in [5.41, 5.74) is 2.51. The summed E-state index contributed by atoms with van der Waals surface area (Å²) in [6.07, 6.45) is 0.853. The van der Waals surface area contributed by atoms with Crippen LogP contribution in [-0.2, 0) is 17.8 Å². The number of likely N-dealkylation sites (N-methyl/N-ethyl adjacent to an activating group) is 1. The van der Waals surface area contributed by atoms with E-state index in [4.69, 9.17) is 9.72 Å². The minimum Gasteiger partial charge on any atom is -0.494 e. The SMILES string of the molecule is CCOc1ccc(NC(=O)CSc2nc3sc4c(c3c(=O)n2-c2ccccc2)CCN(CC)C4)cc1. The van der Waals surface area contributed by atoms with Gasteiger partial charge in [-0.3, -0.25) is 19.1 Å². The zero-order valence-corrected chi connectivity index (χ0v) is 22.0. The largest absolute Gasteiger partial charge is 0.494 e. The molecule has 0 aliphatic carbocycles. The fourth-order valence-electron chi connectivity index (χ4n) is 4.38. The minimum absolute atomic E-state index is 0.0666. The van der Waals surface area contributed by atoms with Crippen LogP contribution in [0.15, 0.2) is 64.5 Å². The molecule has 4 aromatic rings. The number of thioether (sulfide) groups is 1. The van der Waals surface area contributed by atoms with Gasteiger partial charge in [0.2, 0.25) is 5.91 Å². The third-order valence-corrected chi connectivity index (χ3v) is 8.22. The fraction of sp³-hybridized carbons (Fsp3) is 0.296. The van der Waals surface area contributed by atoms with Crippen molar-refractivity contribution in [3.63, 3.8) is 0 Å². The molecule has 0 saturated heterocycles. The van der Waals surface area contributed by atoms with Crippen LogP contribution >= 0.6 is 23.1 Å². The molecule has 2 aromatic carbocycles. The van der Waals surface area contributed by atoms with Gasteiger partial charge in [-0.25, -0.2) is 4.98 Å². The minimum atomic E-state index is -0.165. The van der Waals surface area contributed by atoms with E-state index in [2.05, 4.69) is 17.1 Å². The molecule has 0 fully saturated rings. The first-order valence-electron chi connectivity index (χ1n) is 12.1. The molecule has 3 heterocycles. The predicted octanol–water partition coefficient (Wildman–Crippen LogP) is 4.95. The highest BCUT2D eigenvalue weighted by atomic mass is 32.2. The van der Waals surface area contributed by atoms with Crippen LogP contribution in [0.25, 0.3) is 15.9 Å². The second-order valence-corrected chi connectivity index (χ2v) is 10.5. The van der Waals surface area contributed by atoms with Gasteiger partial charge in [-0.15, -0.1) is 11.3 Å². The number of amides is 1. The first kappa shape index (κ1) is 24.5. The van der Waals surface area contributed by atoms with Crippen LogP contribution in [0.5, 0.6) is 5.75 Å². The summed E-state index contributed by atoms with van der Waals surface area (Å²) in [6, 6.07) is 16.8. The summed E-state index contributed by atoms with van der Waals surface area (Å²) in [5.74, 6) is 0.726. The van der Waals surface area contributed by atoms with Gasteiger partial charge in [0.15, 0.2) is 5.16 Å². The normalized spacial score (nSPS) is 13.5. The van der Waals surface area contributed by atoms with Crippen molar-refractivity contribution < 1.29 is 9.53 Å².